The van der Waals surface area contributed by atoms with Gasteiger partial charge in [-0.15, -0.1) is 11.3 Å². The van der Waals surface area contributed by atoms with Crippen molar-refractivity contribution in [3.63, 3.8) is 0 Å². The van der Waals surface area contributed by atoms with Crippen LogP contribution in [-0.2, 0) is 16.4 Å². The van der Waals surface area contributed by atoms with Gasteiger partial charge in [-0.2, -0.15) is 5.26 Å². The second-order valence-electron chi connectivity index (χ2n) is 4.21. The lowest BCUT2D eigenvalue weighted by molar-refractivity contribution is 0.596. The second-order valence-corrected chi connectivity index (χ2v) is 7.57. The van der Waals surface area contributed by atoms with E-state index in [-0.39, 0.29) is 0 Å². The first-order valence-corrected chi connectivity index (χ1v) is 8.32. The molecule has 0 saturated heterocycles. The molecule has 0 spiro atoms. The number of anilines is 1. The summed E-state index contributed by atoms with van der Waals surface area (Å²) in [6.07, 6.45) is 0.813. The summed E-state index contributed by atoms with van der Waals surface area (Å²) in [5.41, 5.74) is 0.917. The van der Waals surface area contributed by atoms with Crippen LogP contribution < -0.4 is 4.31 Å². The van der Waals surface area contributed by atoms with Gasteiger partial charge in [-0.1, -0.05) is 13.0 Å². The van der Waals surface area contributed by atoms with Gasteiger partial charge in [-0.25, -0.2) is 8.42 Å². The molecule has 2 aromatic rings. The highest BCUT2D eigenvalue weighted by atomic mass is 32.2. The predicted octanol–water partition coefficient (Wildman–Crippen LogP) is 3.01. The Morgan fingerprint density at radius 1 is 1.30 bits per heavy atom. The molecule has 0 atom stereocenters. The zero-order valence-corrected chi connectivity index (χ0v) is 12.8. The molecule has 0 radical (unpaired) electrons. The van der Waals surface area contributed by atoms with Crippen LogP contribution in [0.2, 0.25) is 0 Å². The third kappa shape index (κ3) is 2.69. The number of nitriles is 1. The minimum atomic E-state index is -3.56. The molecule has 1 aromatic heterocycles. The molecule has 1 heterocycles. The quantitative estimate of drug-likeness (QED) is 0.872. The predicted molar refractivity (Wildman–Crippen MR) is 80.4 cm³/mol. The standard InChI is InChI=1S/C14H14N2O2S2/c1-3-13-7-8-14(19-13)20(17,18)16(2)12-6-4-5-11(9-12)10-15/h4-9H,3H2,1-2H3. The summed E-state index contributed by atoms with van der Waals surface area (Å²) in [7, 11) is -2.07. The van der Waals surface area contributed by atoms with Crippen molar-refractivity contribution < 1.29 is 8.42 Å². The van der Waals surface area contributed by atoms with Crippen molar-refractivity contribution >= 4 is 27.0 Å². The smallest absolute Gasteiger partial charge is 0.269 e. The maximum Gasteiger partial charge on any atom is 0.273 e. The Hall–Kier alpha value is -1.84. The summed E-state index contributed by atoms with van der Waals surface area (Å²) >= 11 is 1.28. The van der Waals surface area contributed by atoms with Gasteiger partial charge in [0.05, 0.1) is 17.3 Å². The molecule has 0 unspecified atom stereocenters. The highest BCUT2D eigenvalue weighted by molar-refractivity contribution is 7.94. The highest BCUT2D eigenvalue weighted by Gasteiger charge is 2.23. The van der Waals surface area contributed by atoms with E-state index in [1.54, 1.807) is 30.3 Å². The molecule has 1 aromatic carbocycles. The Labute approximate surface area is 123 Å². The molecule has 4 nitrogen and oxygen atoms in total. The van der Waals surface area contributed by atoms with Crippen molar-refractivity contribution in [2.45, 2.75) is 17.6 Å². The van der Waals surface area contributed by atoms with Gasteiger partial charge in [0.1, 0.15) is 4.21 Å². The van der Waals surface area contributed by atoms with Crippen LogP contribution in [0.25, 0.3) is 0 Å². The molecule has 0 N–H and O–H groups in total. The lowest BCUT2D eigenvalue weighted by atomic mass is 10.2. The topological polar surface area (TPSA) is 61.2 Å². The van der Waals surface area contributed by atoms with E-state index < -0.39 is 10.0 Å². The summed E-state index contributed by atoms with van der Waals surface area (Å²) in [4.78, 5) is 1.03. The Bertz CT molecular complexity index is 757. The van der Waals surface area contributed by atoms with Crippen molar-refractivity contribution in [2.75, 3.05) is 11.4 Å². The molecule has 20 heavy (non-hydrogen) atoms. The average Bonchev–Trinajstić information content (AvgIpc) is 2.96. The van der Waals surface area contributed by atoms with Crippen LogP contribution in [0.1, 0.15) is 17.4 Å². The van der Waals surface area contributed by atoms with Gasteiger partial charge in [-0.05, 0) is 36.8 Å². The molecule has 0 fully saturated rings. The lowest BCUT2D eigenvalue weighted by Crippen LogP contribution is -2.25. The normalized spacial score (nSPS) is 11.1. The lowest BCUT2D eigenvalue weighted by Gasteiger charge is -2.18. The van der Waals surface area contributed by atoms with Crippen molar-refractivity contribution in [1.82, 2.24) is 0 Å². The number of benzene rings is 1. The molecular weight excluding hydrogens is 292 g/mol. The fourth-order valence-corrected chi connectivity index (χ4v) is 4.39. The van der Waals surface area contributed by atoms with Gasteiger partial charge in [0, 0.05) is 11.9 Å². The van der Waals surface area contributed by atoms with E-state index in [1.165, 1.54) is 22.7 Å². The van der Waals surface area contributed by atoms with Gasteiger partial charge in [0.15, 0.2) is 0 Å². The summed E-state index contributed by atoms with van der Waals surface area (Å²) < 4.78 is 26.6. The molecule has 0 saturated carbocycles. The van der Waals surface area contributed by atoms with Gasteiger partial charge in [-0.3, -0.25) is 4.31 Å². The fourth-order valence-electron chi connectivity index (χ4n) is 1.73. The zero-order chi connectivity index (χ0) is 14.8. The van der Waals surface area contributed by atoms with Gasteiger partial charge in [0.2, 0.25) is 0 Å². The Kier molecular flexibility index (Phi) is 4.12. The van der Waals surface area contributed by atoms with E-state index in [2.05, 4.69) is 0 Å². The van der Waals surface area contributed by atoms with E-state index in [1.807, 2.05) is 19.1 Å². The van der Waals surface area contributed by atoms with Crippen LogP contribution in [-0.4, -0.2) is 15.5 Å². The van der Waals surface area contributed by atoms with Gasteiger partial charge >= 0.3 is 0 Å². The van der Waals surface area contributed by atoms with E-state index in [0.717, 1.165) is 11.3 Å². The second kappa shape index (κ2) is 5.65. The Morgan fingerprint density at radius 3 is 2.65 bits per heavy atom. The van der Waals surface area contributed by atoms with Gasteiger partial charge < -0.3 is 0 Å². The first-order valence-electron chi connectivity index (χ1n) is 6.07. The number of thiophene rings is 1. The van der Waals surface area contributed by atoms with Crippen LogP contribution in [0, 0.1) is 11.3 Å². The van der Waals surface area contributed by atoms with Crippen LogP contribution in [0.5, 0.6) is 0 Å². The minimum absolute atomic E-state index is 0.319. The molecule has 0 aliphatic carbocycles. The number of sulfonamides is 1. The monoisotopic (exact) mass is 306 g/mol. The average molecular weight is 306 g/mol. The van der Waals surface area contributed by atoms with Gasteiger partial charge in [0.25, 0.3) is 10.0 Å². The molecule has 6 heteroatoms. The van der Waals surface area contributed by atoms with E-state index >= 15 is 0 Å². The van der Waals surface area contributed by atoms with Crippen LogP contribution in [0.15, 0.2) is 40.6 Å². The third-order valence-electron chi connectivity index (χ3n) is 2.94. The summed E-state index contributed by atoms with van der Waals surface area (Å²) in [6, 6.07) is 12.0. The minimum Gasteiger partial charge on any atom is -0.269 e. The van der Waals surface area contributed by atoms with Crippen molar-refractivity contribution in [3.8, 4) is 6.07 Å². The van der Waals surface area contributed by atoms with E-state index in [9.17, 15) is 8.42 Å². The fraction of sp³-hybridized carbons (Fsp3) is 0.214. The maximum atomic E-state index is 12.5. The van der Waals surface area contributed by atoms with E-state index in [4.69, 9.17) is 5.26 Å². The molecule has 0 bridgehead atoms. The molecule has 104 valence electrons. The third-order valence-corrected chi connectivity index (χ3v) is 6.42. The van der Waals surface area contributed by atoms with Crippen molar-refractivity contribution in [3.05, 3.63) is 46.8 Å². The molecule has 0 aliphatic heterocycles. The van der Waals surface area contributed by atoms with Crippen LogP contribution >= 0.6 is 11.3 Å². The first kappa shape index (κ1) is 14.6. The van der Waals surface area contributed by atoms with Crippen molar-refractivity contribution in [1.29, 1.82) is 5.26 Å². The molecule has 0 amide bonds. The summed E-state index contributed by atoms with van der Waals surface area (Å²) in [5.74, 6) is 0. The number of aryl methyl sites for hydroxylation is 1. The Morgan fingerprint density at radius 2 is 2.05 bits per heavy atom. The highest BCUT2D eigenvalue weighted by Crippen LogP contribution is 2.28. The molecule has 2 rings (SSSR count). The van der Waals surface area contributed by atoms with E-state index in [0.29, 0.717) is 15.5 Å². The number of rotatable bonds is 4. The maximum absolute atomic E-state index is 12.5. The number of nitrogens with zero attached hydrogens (tertiary/aromatic N) is 2. The Balaban J connectivity index is 2.40. The molecule has 0 aliphatic rings. The summed E-state index contributed by atoms with van der Waals surface area (Å²) in [5, 5.41) is 8.88. The van der Waals surface area contributed by atoms with Crippen LogP contribution in [0.4, 0.5) is 5.69 Å². The van der Waals surface area contributed by atoms with Crippen LogP contribution in [0.3, 0.4) is 0 Å². The zero-order valence-electron chi connectivity index (χ0n) is 11.2. The SMILES string of the molecule is CCc1ccc(S(=O)(=O)N(C)c2cccc(C#N)c2)s1. The molecular formula is C14H14N2O2S2. The number of hydrogen-bond donors (Lipinski definition) is 0. The summed E-state index contributed by atoms with van der Waals surface area (Å²) in [6.45, 7) is 1.99. The number of hydrogen-bond acceptors (Lipinski definition) is 4. The largest absolute Gasteiger partial charge is 0.273 e. The first-order chi connectivity index (χ1) is 9.48. The van der Waals surface area contributed by atoms with Crippen molar-refractivity contribution in [2.24, 2.45) is 0 Å².